The molecule has 0 aromatic rings. The molecule has 0 saturated heterocycles. The Labute approximate surface area is 425 Å². The monoisotopic (exact) mass is 1000 g/mol. The number of rotatable bonds is 49. The Morgan fingerprint density at radius 3 is 1.17 bits per heavy atom. The molecular weight excluding hydrogens is 904 g/mol. The fraction of sp³-hybridized carbons (Fsp3) is 0.672. The molecule has 3 atom stereocenters. The smallest absolute Gasteiger partial charge is 0.462 e. The first-order valence-corrected chi connectivity index (χ1v) is 28.6. The van der Waals surface area contributed by atoms with E-state index in [0.717, 1.165) is 128 Å². The number of phosphoric acid groups is 1. The van der Waals surface area contributed by atoms with Crippen LogP contribution in [0.25, 0.3) is 0 Å². The van der Waals surface area contributed by atoms with Crippen molar-refractivity contribution in [3.05, 3.63) is 97.2 Å². The lowest BCUT2D eigenvalue weighted by atomic mass is 10.1. The van der Waals surface area contributed by atoms with Crippen LogP contribution >= 0.6 is 7.82 Å². The third-order valence-corrected chi connectivity index (χ3v) is 11.9. The molecule has 0 rings (SSSR count). The minimum Gasteiger partial charge on any atom is -0.462 e. The Balaban J connectivity index is 4.81. The molecule has 0 saturated carbocycles. The van der Waals surface area contributed by atoms with Crippen molar-refractivity contribution < 1.29 is 52.2 Å². The van der Waals surface area contributed by atoms with E-state index in [1.165, 1.54) is 25.7 Å². The van der Waals surface area contributed by atoms with E-state index >= 15 is 0 Å². The zero-order chi connectivity index (χ0) is 51.3. The van der Waals surface area contributed by atoms with Gasteiger partial charge in [-0.3, -0.25) is 23.4 Å². The molecule has 0 amide bonds. The highest BCUT2D eigenvalue weighted by atomic mass is 31.2. The normalized spacial score (nSPS) is 14.2. The molecule has 11 nitrogen and oxygen atoms in total. The summed E-state index contributed by atoms with van der Waals surface area (Å²) >= 11 is 0. The molecule has 3 unspecified atom stereocenters. The highest BCUT2D eigenvalue weighted by molar-refractivity contribution is 7.47. The van der Waals surface area contributed by atoms with Crippen LogP contribution in [0.5, 0.6) is 0 Å². The van der Waals surface area contributed by atoms with Crippen LogP contribution in [-0.4, -0.2) is 66.5 Å². The number of aliphatic hydroxyl groups is 1. The zero-order valence-corrected chi connectivity index (χ0v) is 44.8. The Bertz CT molecular complexity index is 1540. The van der Waals surface area contributed by atoms with Crippen molar-refractivity contribution in [2.24, 2.45) is 0 Å². The lowest BCUT2D eigenvalue weighted by Crippen LogP contribution is -2.30. The number of allylic oxidation sites excluding steroid dienone is 16. The van der Waals surface area contributed by atoms with E-state index in [1.807, 2.05) is 0 Å². The van der Waals surface area contributed by atoms with Crippen LogP contribution in [0.2, 0.25) is 0 Å². The van der Waals surface area contributed by atoms with Crippen molar-refractivity contribution in [1.29, 1.82) is 0 Å². The predicted octanol–water partition coefficient (Wildman–Crippen LogP) is 15.7. The summed E-state index contributed by atoms with van der Waals surface area (Å²) in [7, 11) is -4.76. The van der Waals surface area contributed by atoms with Gasteiger partial charge in [-0.15, -0.1) is 0 Å². The minimum absolute atomic E-state index is 0.122. The van der Waals surface area contributed by atoms with Crippen LogP contribution in [-0.2, 0) is 42.2 Å². The van der Waals surface area contributed by atoms with Gasteiger partial charge in [0, 0.05) is 19.3 Å². The van der Waals surface area contributed by atoms with E-state index in [4.69, 9.17) is 23.3 Å². The Hall–Kier alpha value is -3.60. The van der Waals surface area contributed by atoms with Gasteiger partial charge < -0.3 is 24.2 Å². The van der Waals surface area contributed by atoms with Gasteiger partial charge in [0.15, 0.2) is 6.10 Å². The lowest BCUT2D eigenvalue weighted by Gasteiger charge is -2.21. The van der Waals surface area contributed by atoms with Gasteiger partial charge in [0.25, 0.3) is 0 Å². The van der Waals surface area contributed by atoms with Crippen LogP contribution in [0.4, 0.5) is 0 Å². The maximum atomic E-state index is 12.9. The van der Waals surface area contributed by atoms with Gasteiger partial charge in [-0.1, -0.05) is 176 Å². The summed E-state index contributed by atoms with van der Waals surface area (Å²) in [6.45, 7) is 4.31. The highest BCUT2D eigenvalue weighted by Gasteiger charge is 2.28. The summed E-state index contributed by atoms with van der Waals surface area (Å²) in [5.41, 5.74) is 0. The fourth-order valence-electron chi connectivity index (χ4n) is 6.88. The largest absolute Gasteiger partial charge is 0.472 e. The number of carbonyl (C=O) groups is 3. The Morgan fingerprint density at radius 2 is 0.743 bits per heavy atom. The van der Waals surface area contributed by atoms with Crippen molar-refractivity contribution >= 4 is 25.7 Å². The molecule has 0 fully saturated rings. The molecular formula is C58H97O11P. The van der Waals surface area contributed by atoms with E-state index < -0.39 is 57.8 Å². The van der Waals surface area contributed by atoms with Crippen molar-refractivity contribution in [2.75, 3.05) is 26.4 Å². The van der Waals surface area contributed by atoms with Gasteiger partial charge in [0.05, 0.1) is 19.8 Å². The highest BCUT2D eigenvalue weighted by Crippen LogP contribution is 2.43. The van der Waals surface area contributed by atoms with Crippen LogP contribution < -0.4 is 0 Å². The molecule has 2 N–H and O–H groups in total. The maximum Gasteiger partial charge on any atom is 0.472 e. The second-order valence-corrected chi connectivity index (χ2v) is 19.1. The second kappa shape index (κ2) is 51.7. The average molecular weight is 1000 g/mol. The summed E-state index contributed by atoms with van der Waals surface area (Å²) in [5.74, 6) is -1.55. The van der Waals surface area contributed by atoms with Gasteiger partial charge in [0.2, 0.25) is 0 Å². The third kappa shape index (κ3) is 49.4. The Morgan fingerprint density at radius 1 is 0.414 bits per heavy atom. The topological polar surface area (TPSA) is 155 Å². The maximum absolute atomic E-state index is 12.9. The SMILES string of the molecule is CC/C=C\C/C=C\C/C=C\C/C=C\CCCCCCC(=O)OCC(COP(=O)(O)OCC(CO)OC(=O)CCCCCCC/C=C\CCCCCC)OC(=O)CCCCC/C=C\C/C=C\C/C=C\CC. The zero-order valence-electron chi connectivity index (χ0n) is 43.9. The lowest BCUT2D eigenvalue weighted by molar-refractivity contribution is -0.161. The minimum atomic E-state index is -4.76. The summed E-state index contributed by atoms with van der Waals surface area (Å²) in [4.78, 5) is 48.4. The number of ether oxygens (including phenoxy) is 3. The molecule has 12 heteroatoms. The molecule has 0 aliphatic rings. The molecule has 0 spiro atoms. The van der Waals surface area contributed by atoms with Gasteiger partial charge in [-0.2, -0.15) is 0 Å². The number of unbranched alkanes of at least 4 members (excludes halogenated alkanes) is 16. The van der Waals surface area contributed by atoms with Gasteiger partial charge >= 0.3 is 25.7 Å². The standard InChI is InChI=1S/C58H97O11P/c1-4-7-10-13-16-19-22-25-26-27-28-31-32-35-38-41-44-47-56(60)65-51-55(69-58(62)49-46-43-40-37-34-30-24-21-18-15-12-9-6-3)53-67-70(63,64)66-52-54(50-59)68-57(61)48-45-42-39-36-33-29-23-20-17-14-11-8-5-2/h7,9-10,12,16,18-21,23,25-26,28,30-31,34,54-55,59H,4-6,8,11,13-15,17,22,24,27,29,32-33,35-53H2,1-3H3,(H,63,64)/b10-7-,12-9-,19-16-,21-18-,23-20-,26-25-,31-28-,34-30-. The van der Waals surface area contributed by atoms with Crippen LogP contribution in [0.3, 0.4) is 0 Å². The van der Waals surface area contributed by atoms with Crippen LogP contribution in [0.15, 0.2) is 97.2 Å². The molecule has 0 radical (unpaired) electrons. The van der Waals surface area contributed by atoms with Crippen molar-refractivity contribution in [1.82, 2.24) is 0 Å². The first-order valence-electron chi connectivity index (χ1n) is 27.1. The number of hydrogen-bond donors (Lipinski definition) is 2. The summed E-state index contributed by atoms with van der Waals surface area (Å²) in [6, 6.07) is 0. The molecule has 400 valence electrons. The molecule has 0 aliphatic heterocycles. The third-order valence-electron chi connectivity index (χ3n) is 11.0. The van der Waals surface area contributed by atoms with E-state index in [1.54, 1.807) is 0 Å². The molecule has 70 heavy (non-hydrogen) atoms. The van der Waals surface area contributed by atoms with E-state index in [9.17, 15) is 28.9 Å². The molecule has 0 aromatic carbocycles. The first-order chi connectivity index (χ1) is 34.2. The van der Waals surface area contributed by atoms with Crippen LogP contribution in [0.1, 0.15) is 213 Å². The van der Waals surface area contributed by atoms with E-state index in [-0.39, 0.29) is 25.9 Å². The van der Waals surface area contributed by atoms with E-state index in [0.29, 0.717) is 19.3 Å². The molecule has 0 aromatic heterocycles. The number of hydrogen-bond acceptors (Lipinski definition) is 10. The quantitative estimate of drug-likeness (QED) is 0.0197. The average Bonchev–Trinajstić information content (AvgIpc) is 3.35. The van der Waals surface area contributed by atoms with Gasteiger partial charge in [0.1, 0.15) is 12.7 Å². The molecule has 0 heterocycles. The number of esters is 3. The van der Waals surface area contributed by atoms with Gasteiger partial charge in [-0.05, 0) is 116 Å². The fourth-order valence-corrected chi connectivity index (χ4v) is 7.67. The first kappa shape index (κ1) is 66.4. The van der Waals surface area contributed by atoms with Gasteiger partial charge in [-0.25, -0.2) is 4.57 Å². The second-order valence-electron chi connectivity index (χ2n) is 17.6. The van der Waals surface area contributed by atoms with Crippen molar-refractivity contribution in [3.8, 4) is 0 Å². The molecule has 0 aliphatic carbocycles. The number of phosphoric ester groups is 1. The van der Waals surface area contributed by atoms with Crippen molar-refractivity contribution in [3.63, 3.8) is 0 Å². The van der Waals surface area contributed by atoms with Crippen molar-refractivity contribution in [2.45, 2.75) is 226 Å². The Kier molecular flexibility index (Phi) is 49.1. The predicted molar refractivity (Wildman–Crippen MR) is 288 cm³/mol. The number of aliphatic hydroxyl groups excluding tert-OH is 1. The van der Waals surface area contributed by atoms with E-state index in [2.05, 4.69) is 118 Å². The summed E-state index contributed by atoms with van der Waals surface area (Å²) in [6.07, 6.45) is 59.5. The number of carbonyl (C=O) groups excluding carboxylic acids is 3. The molecule has 0 bridgehead atoms. The van der Waals surface area contributed by atoms with Crippen LogP contribution in [0, 0.1) is 0 Å². The summed E-state index contributed by atoms with van der Waals surface area (Å²) in [5, 5.41) is 9.78. The summed E-state index contributed by atoms with van der Waals surface area (Å²) < 4.78 is 39.4.